The van der Waals surface area contributed by atoms with Crippen LogP contribution in [-0.4, -0.2) is 27.0 Å². The summed E-state index contributed by atoms with van der Waals surface area (Å²) < 4.78 is 3.19. The Morgan fingerprint density at radius 3 is 2.62 bits per heavy atom. The maximum Gasteiger partial charge on any atom is 0.233 e. The zero-order valence-corrected chi connectivity index (χ0v) is 17.5. The standard InChI is InChI=1S/C23H24N4OS/c1-17-9-10-18(2)22-21(17)25-23(29-22)27(13-6-12-26-14-11-24-16-26)20(28)15-19-7-4-3-5-8-19/h3-5,7-11,14,16H,6,12-13,15H2,1-2H3. The van der Waals surface area contributed by atoms with Crippen molar-refractivity contribution in [2.45, 2.75) is 33.2 Å². The first kappa shape index (κ1) is 19.3. The lowest BCUT2D eigenvalue weighted by Gasteiger charge is -2.20. The predicted molar refractivity (Wildman–Crippen MR) is 118 cm³/mol. The van der Waals surface area contributed by atoms with Crippen LogP contribution in [0.4, 0.5) is 5.13 Å². The predicted octanol–water partition coefficient (Wildman–Crippen LogP) is 4.78. The summed E-state index contributed by atoms with van der Waals surface area (Å²) in [4.78, 5) is 24.0. The van der Waals surface area contributed by atoms with Gasteiger partial charge < -0.3 is 4.57 Å². The second-order valence-corrected chi connectivity index (χ2v) is 8.21. The molecule has 0 unspecified atom stereocenters. The number of carbonyl (C=O) groups excluding carboxylic acids is 1. The second kappa shape index (κ2) is 8.57. The molecule has 0 N–H and O–H groups in total. The van der Waals surface area contributed by atoms with E-state index in [9.17, 15) is 4.79 Å². The largest absolute Gasteiger partial charge is 0.337 e. The highest BCUT2D eigenvalue weighted by atomic mass is 32.1. The molecule has 0 bridgehead atoms. The van der Waals surface area contributed by atoms with Crippen molar-refractivity contribution in [1.82, 2.24) is 14.5 Å². The van der Waals surface area contributed by atoms with E-state index in [0.29, 0.717) is 13.0 Å². The van der Waals surface area contributed by atoms with Gasteiger partial charge in [-0.25, -0.2) is 9.97 Å². The van der Waals surface area contributed by atoms with E-state index in [-0.39, 0.29) is 5.91 Å². The maximum absolute atomic E-state index is 13.2. The summed E-state index contributed by atoms with van der Waals surface area (Å²) in [6.45, 7) is 5.61. The number of aromatic nitrogens is 3. The van der Waals surface area contributed by atoms with E-state index in [0.717, 1.165) is 39.4 Å². The third kappa shape index (κ3) is 4.38. The quantitative estimate of drug-likeness (QED) is 0.446. The molecule has 0 fully saturated rings. The number of amides is 1. The Morgan fingerprint density at radius 2 is 1.90 bits per heavy atom. The molecule has 1 amide bonds. The van der Waals surface area contributed by atoms with Crippen LogP contribution in [0.2, 0.25) is 0 Å². The average Bonchev–Trinajstić information content (AvgIpc) is 3.39. The summed E-state index contributed by atoms with van der Waals surface area (Å²) in [5.41, 5.74) is 4.35. The molecule has 148 valence electrons. The summed E-state index contributed by atoms with van der Waals surface area (Å²) in [5, 5.41) is 0.781. The smallest absolute Gasteiger partial charge is 0.233 e. The zero-order chi connectivity index (χ0) is 20.2. The molecule has 0 atom stereocenters. The molecule has 4 aromatic rings. The highest BCUT2D eigenvalue weighted by Gasteiger charge is 2.21. The van der Waals surface area contributed by atoms with E-state index in [2.05, 4.69) is 31.0 Å². The van der Waals surface area contributed by atoms with Gasteiger partial charge in [0, 0.05) is 25.5 Å². The lowest BCUT2D eigenvalue weighted by molar-refractivity contribution is -0.118. The highest BCUT2D eigenvalue weighted by Crippen LogP contribution is 2.33. The third-order valence-electron chi connectivity index (χ3n) is 5.02. The first-order valence-electron chi connectivity index (χ1n) is 9.78. The van der Waals surface area contributed by atoms with E-state index < -0.39 is 0 Å². The molecule has 2 aromatic heterocycles. The molecule has 0 aliphatic heterocycles. The van der Waals surface area contributed by atoms with Gasteiger partial charge in [-0.3, -0.25) is 9.69 Å². The van der Waals surface area contributed by atoms with Crippen LogP contribution >= 0.6 is 11.3 Å². The molecule has 6 heteroatoms. The molecule has 0 saturated heterocycles. The summed E-state index contributed by atoms with van der Waals surface area (Å²) in [7, 11) is 0. The average molecular weight is 405 g/mol. The van der Waals surface area contributed by atoms with Crippen LogP contribution in [0.15, 0.2) is 61.2 Å². The molecule has 0 aliphatic carbocycles. The van der Waals surface area contributed by atoms with Crippen molar-refractivity contribution >= 4 is 32.6 Å². The number of fused-ring (bicyclic) bond motifs is 1. The van der Waals surface area contributed by atoms with Crippen molar-refractivity contribution in [1.29, 1.82) is 0 Å². The van der Waals surface area contributed by atoms with Gasteiger partial charge in [0.05, 0.1) is 23.0 Å². The van der Waals surface area contributed by atoms with Gasteiger partial charge >= 0.3 is 0 Å². The Bertz CT molecular complexity index is 1060. The number of hydrogen-bond donors (Lipinski definition) is 0. The van der Waals surface area contributed by atoms with Crippen LogP contribution in [0.5, 0.6) is 0 Å². The summed E-state index contributed by atoms with van der Waals surface area (Å²) in [6, 6.07) is 14.1. The summed E-state index contributed by atoms with van der Waals surface area (Å²) >= 11 is 1.61. The van der Waals surface area contributed by atoms with Gasteiger partial charge in [-0.15, -0.1) is 0 Å². The molecule has 2 heterocycles. The minimum absolute atomic E-state index is 0.0798. The Balaban J connectivity index is 1.61. The molecule has 0 saturated carbocycles. The molecule has 4 rings (SSSR count). The number of anilines is 1. The van der Waals surface area contributed by atoms with Crippen LogP contribution < -0.4 is 4.90 Å². The monoisotopic (exact) mass is 404 g/mol. The van der Waals surface area contributed by atoms with Gasteiger partial charge in [0.25, 0.3) is 0 Å². The van der Waals surface area contributed by atoms with Crippen molar-refractivity contribution < 1.29 is 4.79 Å². The lowest BCUT2D eigenvalue weighted by atomic mass is 10.1. The molecule has 5 nitrogen and oxygen atoms in total. The first-order chi connectivity index (χ1) is 14.1. The van der Waals surface area contributed by atoms with E-state index >= 15 is 0 Å². The normalized spacial score (nSPS) is 11.1. The van der Waals surface area contributed by atoms with E-state index in [1.807, 2.05) is 46.0 Å². The number of carbonyl (C=O) groups is 1. The van der Waals surface area contributed by atoms with E-state index in [1.54, 1.807) is 23.9 Å². The number of aryl methyl sites for hydroxylation is 3. The van der Waals surface area contributed by atoms with Crippen LogP contribution in [0, 0.1) is 13.8 Å². The Hall–Kier alpha value is -2.99. The molecule has 29 heavy (non-hydrogen) atoms. The molecule has 0 spiro atoms. The van der Waals surface area contributed by atoms with Crippen molar-refractivity contribution in [3.05, 3.63) is 77.9 Å². The minimum atomic E-state index is 0.0798. The number of imidazole rings is 1. The van der Waals surface area contributed by atoms with Gasteiger partial charge in [0.1, 0.15) is 0 Å². The van der Waals surface area contributed by atoms with E-state index in [1.165, 1.54) is 5.56 Å². The van der Waals surface area contributed by atoms with Crippen LogP contribution in [0.1, 0.15) is 23.1 Å². The van der Waals surface area contributed by atoms with Gasteiger partial charge in [0.2, 0.25) is 5.91 Å². The van der Waals surface area contributed by atoms with Gasteiger partial charge in [0.15, 0.2) is 5.13 Å². The van der Waals surface area contributed by atoms with Crippen molar-refractivity contribution in [2.75, 3.05) is 11.4 Å². The molecule has 0 radical (unpaired) electrons. The zero-order valence-electron chi connectivity index (χ0n) is 16.7. The van der Waals surface area contributed by atoms with Crippen LogP contribution in [0.3, 0.4) is 0 Å². The van der Waals surface area contributed by atoms with Crippen molar-refractivity contribution in [2.24, 2.45) is 0 Å². The highest BCUT2D eigenvalue weighted by molar-refractivity contribution is 7.22. The van der Waals surface area contributed by atoms with E-state index in [4.69, 9.17) is 4.98 Å². The first-order valence-corrected chi connectivity index (χ1v) is 10.6. The number of benzene rings is 2. The van der Waals surface area contributed by atoms with Gasteiger partial charge in [-0.2, -0.15) is 0 Å². The topological polar surface area (TPSA) is 51.0 Å². The fourth-order valence-electron chi connectivity index (χ4n) is 3.39. The fourth-order valence-corrected chi connectivity index (χ4v) is 4.54. The van der Waals surface area contributed by atoms with Gasteiger partial charge in [-0.05, 0) is 37.0 Å². The van der Waals surface area contributed by atoms with Crippen molar-refractivity contribution in [3.8, 4) is 0 Å². The number of hydrogen-bond acceptors (Lipinski definition) is 4. The van der Waals surface area contributed by atoms with Crippen LogP contribution in [-0.2, 0) is 17.8 Å². The molecular formula is C23H24N4OS. The van der Waals surface area contributed by atoms with Crippen LogP contribution in [0.25, 0.3) is 10.2 Å². The number of thiazole rings is 1. The number of rotatable bonds is 7. The third-order valence-corrected chi connectivity index (χ3v) is 6.23. The lowest BCUT2D eigenvalue weighted by Crippen LogP contribution is -2.33. The minimum Gasteiger partial charge on any atom is -0.337 e. The Kier molecular flexibility index (Phi) is 5.71. The maximum atomic E-state index is 13.2. The summed E-state index contributed by atoms with van der Waals surface area (Å²) in [5.74, 6) is 0.0798. The number of nitrogens with zero attached hydrogens (tertiary/aromatic N) is 4. The SMILES string of the molecule is Cc1ccc(C)c2sc(N(CCCn3ccnc3)C(=O)Cc3ccccc3)nc12. The second-order valence-electron chi connectivity index (χ2n) is 7.24. The Labute approximate surface area is 174 Å². The molecule has 2 aromatic carbocycles. The van der Waals surface area contributed by atoms with Gasteiger partial charge in [-0.1, -0.05) is 53.8 Å². The molecule has 0 aliphatic rings. The van der Waals surface area contributed by atoms with Crippen molar-refractivity contribution in [3.63, 3.8) is 0 Å². The fraction of sp³-hybridized carbons (Fsp3) is 0.261. The Morgan fingerprint density at radius 1 is 1.10 bits per heavy atom. The molecular weight excluding hydrogens is 380 g/mol. The summed E-state index contributed by atoms with van der Waals surface area (Å²) in [6.07, 6.45) is 6.74.